The van der Waals surface area contributed by atoms with Crippen LogP contribution in [0.5, 0.6) is 0 Å². The van der Waals surface area contributed by atoms with Crippen LogP contribution in [0.3, 0.4) is 0 Å². The highest BCUT2D eigenvalue weighted by molar-refractivity contribution is 7.99. The Balaban J connectivity index is 1.93. The molecule has 1 atom stereocenters. The van der Waals surface area contributed by atoms with Gasteiger partial charge in [-0.2, -0.15) is 11.8 Å². The lowest BCUT2D eigenvalue weighted by Crippen LogP contribution is -2.36. The summed E-state index contributed by atoms with van der Waals surface area (Å²) in [4.78, 5) is 2.54. The third-order valence-electron chi connectivity index (χ3n) is 3.34. The van der Waals surface area contributed by atoms with Gasteiger partial charge in [-0.05, 0) is 19.5 Å². The zero-order valence-corrected chi connectivity index (χ0v) is 12.5. The van der Waals surface area contributed by atoms with E-state index in [-0.39, 0.29) is 0 Å². The molecule has 0 radical (unpaired) electrons. The van der Waals surface area contributed by atoms with E-state index in [1.165, 1.54) is 24.4 Å². The van der Waals surface area contributed by atoms with Crippen molar-refractivity contribution >= 4 is 11.8 Å². The van der Waals surface area contributed by atoms with Crippen LogP contribution in [0.25, 0.3) is 0 Å². The van der Waals surface area contributed by atoms with Crippen LogP contribution in [0.15, 0.2) is 10.5 Å². The fourth-order valence-corrected chi connectivity index (χ4v) is 3.44. The van der Waals surface area contributed by atoms with Crippen LogP contribution in [0.2, 0.25) is 0 Å². The minimum Gasteiger partial charge on any atom is -0.465 e. The topological polar surface area (TPSA) is 28.4 Å². The molecule has 2 heterocycles. The molecule has 0 aliphatic carbocycles. The van der Waals surface area contributed by atoms with Gasteiger partial charge in [0.1, 0.15) is 11.5 Å². The monoisotopic (exact) mass is 268 g/mol. The zero-order chi connectivity index (χ0) is 13.0. The first-order valence-electron chi connectivity index (χ1n) is 6.82. The molecule has 3 nitrogen and oxygen atoms in total. The van der Waals surface area contributed by atoms with Gasteiger partial charge in [-0.3, -0.25) is 4.90 Å². The van der Waals surface area contributed by atoms with Gasteiger partial charge < -0.3 is 9.73 Å². The van der Waals surface area contributed by atoms with E-state index in [9.17, 15) is 0 Å². The first-order chi connectivity index (χ1) is 8.69. The second kappa shape index (κ2) is 6.64. The van der Waals surface area contributed by atoms with E-state index in [0.717, 1.165) is 36.4 Å². The maximum absolute atomic E-state index is 5.79. The first-order valence-corrected chi connectivity index (χ1v) is 7.86. The van der Waals surface area contributed by atoms with E-state index in [1.807, 2.05) is 0 Å². The van der Waals surface area contributed by atoms with Crippen LogP contribution in [-0.4, -0.2) is 35.5 Å². The molecule has 18 heavy (non-hydrogen) atoms. The lowest BCUT2D eigenvalue weighted by Gasteiger charge is -2.30. The average Bonchev–Trinajstić information content (AvgIpc) is 2.68. The predicted molar refractivity (Wildman–Crippen MR) is 78.0 cm³/mol. The molecular weight excluding hydrogens is 244 g/mol. The summed E-state index contributed by atoms with van der Waals surface area (Å²) in [6, 6.07) is 2.21. The van der Waals surface area contributed by atoms with Gasteiger partial charge in [0.15, 0.2) is 0 Å². The van der Waals surface area contributed by atoms with E-state index >= 15 is 0 Å². The number of aryl methyl sites for hydroxylation is 1. The van der Waals surface area contributed by atoms with Gasteiger partial charge in [-0.1, -0.05) is 13.8 Å². The van der Waals surface area contributed by atoms with Gasteiger partial charge in [0.05, 0.1) is 6.54 Å². The minimum absolute atomic E-state index is 0.757. The molecule has 1 N–H and O–H groups in total. The van der Waals surface area contributed by atoms with Crippen LogP contribution < -0.4 is 5.32 Å². The summed E-state index contributed by atoms with van der Waals surface area (Å²) in [5, 5.41) is 4.06. The minimum atomic E-state index is 0.757. The van der Waals surface area contributed by atoms with Crippen LogP contribution >= 0.6 is 11.8 Å². The van der Waals surface area contributed by atoms with Gasteiger partial charge in [-0.15, -0.1) is 0 Å². The van der Waals surface area contributed by atoms with E-state index in [1.54, 1.807) is 0 Å². The summed E-state index contributed by atoms with van der Waals surface area (Å²) in [5.41, 5.74) is 1.35. The number of hydrogen-bond donors (Lipinski definition) is 1. The van der Waals surface area contributed by atoms with Gasteiger partial charge in [-0.25, -0.2) is 0 Å². The predicted octanol–water partition coefficient (Wildman–Crippen LogP) is 2.63. The molecule has 1 aliphatic rings. The van der Waals surface area contributed by atoms with Crippen molar-refractivity contribution in [2.75, 3.05) is 25.4 Å². The van der Waals surface area contributed by atoms with E-state index in [4.69, 9.17) is 4.42 Å². The smallest absolute Gasteiger partial charge is 0.118 e. The molecule has 1 aromatic heterocycles. The largest absolute Gasteiger partial charge is 0.465 e. The molecule has 1 unspecified atom stereocenters. The molecule has 0 amide bonds. The Morgan fingerprint density at radius 2 is 2.39 bits per heavy atom. The molecule has 0 aromatic carbocycles. The lowest BCUT2D eigenvalue weighted by atomic mass is 10.2. The molecule has 4 heteroatoms. The molecule has 0 spiro atoms. The molecule has 1 aromatic rings. The van der Waals surface area contributed by atoms with Crippen molar-refractivity contribution in [3.8, 4) is 0 Å². The van der Waals surface area contributed by atoms with Crippen molar-refractivity contribution in [2.24, 2.45) is 0 Å². The van der Waals surface area contributed by atoms with E-state index in [0.29, 0.717) is 0 Å². The molecule has 2 rings (SSSR count). The highest BCUT2D eigenvalue weighted by Crippen LogP contribution is 2.22. The van der Waals surface area contributed by atoms with Crippen molar-refractivity contribution in [2.45, 2.75) is 39.1 Å². The Bertz CT molecular complexity index is 378. The van der Waals surface area contributed by atoms with Crippen molar-refractivity contribution < 1.29 is 4.42 Å². The lowest BCUT2D eigenvalue weighted by molar-refractivity contribution is 0.276. The molecule has 102 valence electrons. The quantitative estimate of drug-likeness (QED) is 0.888. The van der Waals surface area contributed by atoms with Gasteiger partial charge in [0, 0.05) is 36.2 Å². The average molecular weight is 268 g/mol. The summed E-state index contributed by atoms with van der Waals surface area (Å²) < 4.78 is 5.79. The molecule has 0 saturated carbocycles. The maximum Gasteiger partial charge on any atom is 0.118 e. The summed E-state index contributed by atoms with van der Waals surface area (Å²) >= 11 is 2.08. The number of nitrogens with one attached hydrogen (secondary N) is 1. The van der Waals surface area contributed by atoms with Crippen molar-refractivity contribution in [3.05, 3.63) is 23.2 Å². The van der Waals surface area contributed by atoms with Gasteiger partial charge in [0.2, 0.25) is 0 Å². The van der Waals surface area contributed by atoms with Crippen LogP contribution in [0, 0.1) is 6.92 Å². The van der Waals surface area contributed by atoms with Crippen molar-refractivity contribution in [1.82, 2.24) is 10.2 Å². The number of hydrogen-bond acceptors (Lipinski definition) is 4. The third-order valence-corrected chi connectivity index (χ3v) is 4.48. The highest BCUT2D eigenvalue weighted by atomic mass is 32.2. The standard InChI is InChI=1S/C14H24N2OS/c1-4-15-8-14-7-13(12(3)17-14)10-16-5-6-18-11(2)9-16/h7,11,15H,4-6,8-10H2,1-3H3. The summed E-state index contributed by atoms with van der Waals surface area (Å²) in [7, 11) is 0. The molecular formula is C14H24N2OS. The second-order valence-electron chi connectivity index (χ2n) is 4.99. The number of thioether (sulfide) groups is 1. The molecule has 1 fully saturated rings. The van der Waals surface area contributed by atoms with E-state index < -0.39 is 0 Å². The van der Waals surface area contributed by atoms with Crippen LogP contribution in [0.4, 0.5) is 0 Å². The second-order valence-corrected chi connectivity index (χ2v) is 6.54. The third kappa shape index (κ3) is 3.77. The molecule has 0 bridgehead atoms. The number of furan rings is 1. The zero-order valence-electron chi connectivity index (χ0n) is 11.7. The highest BCUT2D eigenvalue weighted by Gasteiger charge is 2.18. The first kappa shape index (κ1) is 14.0. The molecule has 1 aliphatic heterocycles. The van der Waals surface area contributed by atoms with Crippen LogP contribution in [-0.2, 0) is 13.1 Å². The SMILES string of the molecule is CCNCc1cc(CN2CCSC(C)C2)c(C)o1. The summed E-state index contributed by atoms with van der Waals surface area (Å²) in [5.74, 6) is 3.39. The maximum atomic E-state index is 5.79. The Morgan fingerprint density at radius 3 is 3.11 bits per heavy atom. The Hall–Kier alpha value is -0.450. The van der Waals surface area contributed by atoms with Gasteiger partial charge >= 0.3 is 0 Å². The number of nitrogens with zero attached hydrogens (tertiary/aromatic N) is 1. The number of rotatable bonds is 5. The van der Waals surface area contributed by atoms with Crippen molar-refractivity contribution in [3.63, 3.8) is 0 Å². The summed E-state index contributed by atoms with van der Waals surface area (Å²) in [6.07, 6.45) is 0. The summed E-state index contributed by atoms with van der Waals surface area (Å²) in [6.45, 7) is 11.7. The fraction of sp³-hybridized carbons (Fsp3) is 0.714. The van der Waals surface area contributed by atoms with Crippen LogP contribution in [0.1, 0.15) is 30.9 Å². The Labute approximate surface area is 114 Å². The Morgan fingerprint density at radius 1 is 1.56 bits per heavy atom. The normalized spacial score (nSPS) is 21.4. The van der Waals surface area contributed by atoms with Crippen molar-refractivity contribution in [1.29, 1.82) is 0 Å². The van der Waals surface area contributed by atoms with E-state index in [2.05, 4.69) is 48.8 Å². The Kier molecular flexibility index (Phi) is 5.15. The fourth-order valence-electron chi connectivity index (χ4n) is 2.36. The molecule has 1 saturated heterocycles. The van der Waals surface area contributed by atoms with Gasteiger partial charge in [0.25, 0.3) is 0 Å².